The van der Waals surface area contributed by atoms with Gasteiger partial charge >= 0.3 is 12.1 Å². The van der Waals surface area contributed by atoms with Crippen molar-refractivity contribution >= 4 is 23.3 Å². The fourth-order valence-corrected chi connectivity index (χ4v) is 3.49. The van der Waals surface area contributed by atoms with E-state index in [4.69, 9.17) is 9.47 Å². The maximum atomic E-state index is 13.1. The van der Waals surface area contributed by atoms with Gasteiger partial charge in [-0.05, 0) is 31.0 Å². The number of hydrogen-bond donors (Lipinski definition) is 1. The molecular weight excluding hydrogens is 377 g/mol. The van der Waals surface area contributed by atoms with E-state index in [2.05, 4.69) is 5.32 Å². The van der Waals surface area contributed by atoms with Crippen LogP contribution in [-0.4, -0.2) is 44.8 Å². The summed E-state index contributed by atoms with van der Waals surface area (Å²) < 4.78 is 49.6. The number of nitrogens with one attached hydrogen (secondary N) is 1. The molecular formula is C19H23F3N2O4. The lowest BCUT2D eigenvalue weighted by atomic mass is 10.1. The number of amides is 1. The highest BCUT2D eigenvalue weighted by Crippen LogP contribution is 2.35. The highest BCUT2D eigenvalue weighted by Gasteiger charge is 2.32. The summed E-state index contributed by atoms with van der Waals surface area (Å²) in [5, 5.41) is 2.47. The van der Waals surface area contributed by atoms with Crippen molar-refractivity contribution in [1.82, 2.24) is 0 Å². The normalized spacial score (nSPS) is 18.2. The number of morpholine rings is 1. The molecule has 1 saturated heterocycles. The van der Waals surface area contributed by atoms with Gasteiger partial charge in [0.15, 0.2) is 6.61 Å². The number of anilines is 2. The van der Waals surface area contributed by atoms with E-state index in [1.165, 1.54) is 6.07 Å². The minimum atomic E-state index is -4.53. The zero-order valence-corrected chi connectivity index (χ0v) is 15.4. The van der Waals surface area contributed by atoms with Gasteiger partial charge in [0.1, 0.15) is 0 Å². The quantitative estimate of drug-likeness (QED) is 0.769. The number of benzene rings is 1. The van der Waals surface area contributed by atoms with Gasteiger partial charge in [-0.3, -0.25) is 9.59 Å². The molecule has 2 aliphatic rings. The number of halogens is 3. The fraction of sp³-hybridized carbons (Fsp3) is 0.579. The molecule has 0 bridgehead atoms. The molecule has 0 atom stereocenters. The van der Waals surface area contributed by atoms with Gasteiger partial charge in [0, 0.05) is 13.1 Å². The van der Waals surface area contributed by atoms with Crippen LogP contribution in [0.2, 0.25) is 0 Å². The van der Waals surface area contributed by atoms with Crippen molar-refractivity contribution in [1.29, 1.82) is 0 Å². The Balaban J connectivity index is 1.70. The van der Waals surface area contributed by atoms with Crippen LogP contribution in [0.25, 0.3) is 0 Å². The lowest BCUT2D eigenvalue weighted by Crippen LogP contribution is -2.37. The van der Waals surface area contributed by atoms with Crippen LogP contribution in [0.5, 0.6) is 0 Å². The molecule has 1 amide bonds. The number of rotatable bonds is 5. The standard InChI is InChI=1S/C19H23F3N2O4/c20-19(21,22)14-5-6-16(24-7-9-27-10-8-24)15(11-14)23-17(25)12-28-18(26)13-3-1-2-4-13/h5-6,11,13H,1-4,7-10,12H2,(H,23,25). The van der Waals surface area contributed by atoms with E-state index >= 15 is 0 Å². The summed E-state index contributed by atoms with van der Waals surface area (Å²) in [6.45, 7) is 1.39. The van der Waals surface area contributed by atoms with Gasteiger partial charge in [0.25, 0.3) is 5.91 Å². The molecule has 9 heteroatoms. The third-order valence-corrected chi connectivity index (χ3v) is 4.98. The van der Waals surface area contributed by atoms with Gasteiger partial charge < -0.3 is 19.7 Å². The Hall–Kier alpha value is -2.29. The highest BCUT2D eigenvalue weighted by molar-refractivity contribution is 5.96. The number of alkyl halides is 3. The van der Waals surface area contributed by atoms with Crippen molar-refractivity contribution in [2.24, 2.45) is 5.92 Å². The average Bonchev–Trinajstić information content (AvgIpc) is 3.21. The lowest BCUT2D eigenvalue weighted by molar-refractivity contribution is -0.151. The minimum Gasteiger partial charge on any atom is -0.455 e. The number of carbonyl (C=O) groups is 2. The smallest absolute Gasteiger partial charge is 0.416 e. The Morgan fingerprint density at radius 2 is 1.86 bits per heavy atom. The van der Waals surface area contributed by atoms with Crippen LogP contribution in [0.4, 0.5) is 24.5 Å². The first-order valence-corrected chi connectivity index (χ1v) is 9.35. The Bertz CT molecular complexity index is 712. The van der Waals surface area contributed by atoms with Crippen LogP contribution in [0, 0.1) is 5.92 Å². The average molecular weight is 400 g/mol. The van der Waals surface area contributed by atoms with E-state index in [0.29, 0.717) is 32.0 Å². The van der Waals surface area contributed by atoms with E-state index in [1.807, 2.05) is 4.90 Å². The van der Waals surface area contributed by atoms with Crippen LogP contribution in [0.1, 0.15) is 31.2 Å². The molecule has 0 aromatic heterocycles. The Kier molecular flexibility index (Phi) is 6.43. The maximum absolute atomic E-state index is 13.1. The summed E-state index contributed by atoms with van der Waals surface area (Å²) in [4.78, 5) is 26.0. The molecule has 1 aromatic carbocycles. The second-order valence-corrected chi connectivity index (χ2v) is 6.97. The topological polar surface area (TPSA) is 67.9 Å². The van der Waals surface area contributed by atoms with Crippen LogP contribution in [-0.2, 0) is 25.2 Å². The zero-order valence-electron chi connectivity index (χ0n) is 15.4. The largest absolute Gasteiger partial charge is 0.455 e. The molecule has 0 unspecified atom stereocenters. The Morgan fingerprint density at radius 3 is 2.50 bits per heavy atom. The SMILES string of the molecule is O=C(COC(=O)C1CCCC1)Nc1cc(C(F)(F)F)ccc1N1CCOCC1. The van der Waals surface area contributed by atoms with Crippen molar-refractivity contribution in [2.45, 2.75) is 31.9 Å². The van der Waals surface area contributed by atoms with E-state index in [1.54, 1.807) is 0 Å². The first kappa shape index (κ1) is 20.4. The lowest BCUT2D eigenvalue weighted by Gasteiger charge is -2.31. The summed E-state index contributed by atoms with van der Waals surface area (Å²) >= 11 is 0. The summed E-state index contributed by atoms with van der Waals surface area (Å²) in [5.41, 5.74) is -0.340. The summed E-state index contributed by atoms with van der Waals surface area (Å²) in [6.07, 6.45) is -1.12. The fourth-order valence-electron chi connectivity index (χ4n) is 3.49. The Labute approximate surface area is 161 Å². The third kappa shape index (κ3) is 5.15. The molecule has 1 aliphatic heterocycles. The number of esters is 1. The third-order valence-electron chi connectivity index (χ3n) is 4.98. The van der Waals surface area contributed by atoms with Crippen molar-refractivity contribution < 1.29 is 32.2 Å². The molecule has 2 fully saturated rings. The van der Waals surface area contributed by atoms with Crippen LogP contribution in [0.3, 0.4) is 0 Å². The van der Waals surface area contributed by atoms with E-state index in [0.717, 1.165) is 37.8 Å². The van der Waals surface area contributed by atoms with Gasteiger partial charge in [-0.25, -0.2) is 0 Å². The number of hydrogen-bond acceptors (Lipinski definition) is 5. The minimum absolute atomic E-state index is 0.0404. The molecule has 1 saturated carbocycles. The molecule has 1 aliphatic carbocycles. The molecule has 3 rings (SSSR count). The molecule has 0 spiro atoms. The number of nitrogens with zero attached hydrogens (tertiary/aromatic N) is 1. The van der Waals surface area contributed by atoms with Gasteiger partial charge in [0.2, 0.25) is 0 Å². The van der Waals surface area contributed by atoms with Gasteiger partial charge in [0.05, 0.1) is 36.1 Å². The molecule has 0 radical (unpaired) electrons. The molecule has 1 aromatic rings. The van der Waals surface area contributed by atoms with E-state index in [9.17, 15) is 22.8 Å². The zero-order chi connectivity index (χ0) is 20.1. The predicted molar refractivity (Wildman–Crippen MR) is 96.0 cm³/mol. The molecule has 1 heterocycles. The number of carbonyl (C=O) groups excluding carboxylic acids is 2. The summed E-state index contributed by atoms with van der Waals surface area (Å²) in [5.74, 6) is -1.28. The van der Waals surface area contributed by atoms with Crippen molar-refractivity contribution in [3.05, 3.63) is 23.8 Å². The van der Waals surface area contributed by atoms with Crippen molar-refractivity contribution in [2.75, 3.05) is 43.1 Å². The molecule has 154 valence electrons. The van der Waals surface area contributed by atoms with Crippen LogP contribution < -0.4 is 10.2 Å². The highest BCUT2D eigenvalue weighted by atomic mass is 19.4. The van der Waals surface area contributed by atoms with Gasteiger partial charge in [-0.2, -0.15) is 13.2 Å². The molecule has 1 N–H and O–H groups in total. The number of ether oxygens (including phenoxy) is 2. The molecule has 6 nitrogen and oxygen atoms in total. The summed E-state index contributed by atoms with van der Waals surface area (Å²) in [7, 11) is 0. The molecule has 28 heavy (non-hydrogen) atoms. The van der Waals surface area contributed by atoms with Gasteiger partial charge in [-0.15, -0.1) is 0 Å². The summed E-state index contributed by atoms with van der Waals surface area (Å²) in [6, 6.07) is 3.23. The Morgan fingerprint density at radius 1 is 1.18 bits per heavy atom. The van der Waals surface area contributed by atoms with Crippen molar-refractivity contribution in [3.8, 4) is 0 Å². The maximum Gasteiger partial charge on any atom is 0.416 e. The van der Waals surface area contributed by atoms with E-state index < -0.39 is 30.2 Å². The first-order chi connectivity index (χ1) is 13.3. The second-order valence-electron chi connectivity index (χ2n) is 6.97. The predicted octanol–water partition coefficient (Wildman–Crippen LogP) is 3.21. The first-order valence-electron chi connectivity index (χ1n) is 9.35. The van der Waals surface area contributed by atoms with E-state index in [-0.39, 0.29) is 11.6 Å². The van der Waals surface area contributed by atoms with Crippen LogP contribution >= 0.6 is 0 Å². The second kappa shape index (κ2) is 8.81. The van der Waals surface area contributed by atoms with Crippen LogP contribution in [0.15, 0.2) is 18.2 Å². The van der Waals surface area contributed by atoms with Gasteiger partial charge in [-0.1, -0.05) is 12.8 Å². The monoisotopic (exact) mass is 400 g/mol. The van der Waals surface area contributed by atoms with Crippen molar-refractivity contribution in [3.63, 3.8) is 0 Å².